The van der Waals surface area contributed by atoms with E-state index in [-0.39, 0.29) is 11.7 Å². The van der Waals surface area contributed by atoms with E-state index in [1.165, 1.54) is 0 Å². The van der Waals surface area contributed by atoms with Gasteiger partial charge in [0.15, 0.2) is 0 Å². The molecule has 0 radical (unpaired) electrons. The van der Waals surface area contributed by atoms with Crippen LogP contribution in [0.15, 0.2) is 0 Å². The minimum atomic E-state index is -0.837. The predicted octanol–water partition coefficient (Wildman–Crippen LogP) is 0.226. The zero-order valence-corrected chi connectivity index (χ0v) is 7.63. The van der Waals surface area contributed by atoms with Crippen LogP contribution in [0.5, 0.6) is 0 Å². The minimum absolute atomic E-state index is 0.178. The minimum Gasteiger partial charge on any atom is -0.480 e. The molecule has 2 N–H and O–H groups in total. The molecule has 1 aliphatic rings. The van der Waals surface area contributed by atoms with Crippen molar-refractivity contribution in [2.75, 3.05) is 6.54 Å². The maximum Gasteiger partial charge on any atom is 0.323 e. The van der Waals surface area contributed by atoms with Crippen LogP contribution in [0.3, 0.4) is 0 Å². The van der Waals surface area contributed by atoms with Crippen LogP contribution in [0.25, 0.3) is 0 Å². The highest BCUT2D eigenvalue weighted by molar-refractivity contribution is 5.75. The van der Waals surface area contributed by atoms with Gasteiger partial charge in [-0.15, -0.1) is 0 Å². The Bertz CT molecular complexity index is 185. The van der Waals surface area contributed by atoms with Crippen molar-refractivity contribution in [3.63, 3.8) is 0 Å². The van der Waals surface area contributed by atoms with Crippen molar-refractivity contribution in [3.05, 3.63) is 0 Å². The largest absolute Gasteiger partial charge is 0.480 e. The van der Waals surface area contributed by atoms with Gasteiger partial charge in [0.1, 0.15) is 6.04 Å². The maximum absolute atomic E-state index is 10.5. The second-order valence-corrected chi connectivity index (χ2v) is 3.99. The highest BCUT2D eigenvalue weighted by Crippen LogP contribution is 2.17. The van der Waals surface area contributed by atoms with Gasteiger partial charge in [0.05, 0.1) is 11.7 Å². The van der Waals surface area contributed by atoms with Crippen molar-refractivity contribution in [2.45, 2.75) is 38.5 Å². The van der Waals surface area contributed by atoms with Crippen molar-refractivity contribution in [1.82, 2.24) is 5.32 Å². The van der Waals surface area contributed by atoms with E-state index < -0.39 is 12.0 Å². The molecule has 0 aliphatic carbocycles. The molecule has 12 heavy (non-hydrogen) atoms. The third-order valence-electron chi connectivity index (χ3n) is 1.68. The summed E-state index contributed by atoms with van der Waals surface area (Å²) in [5.41, 5.74) is -0.263. The number of rotatable bonds is 2. The molecule has 0 aromatic carbocycles. The molecule has 4 nitrogen and oxygen atoms in total. The summed E-state index contributed by atoms with van der Waals surface area (Å²) in [5, 5.41) is 11.5. The molecular weight excluding hydrogens is 158 g/mol. The summed E-state index contributed by atoms with van der Waals surface area (Å²) in [6, 6.07) is -0.524. The lowest BCUT2D eigenvalue weighted by Crippen LogP contribution is -2.63. The summed E-state index contributed by atoms with van der Waals surface area (Å²) in [4.78, 5) is 10.5. The molecule has 1 saturated heterocycles. The van der Waals surface area contributed by atoms with Crippen molar-refractivity contribution in [1.29, 1.82) is 0 Å². The van der Waals surface area contributed by atoms with E-state index in [4.69, 9.17) is 9.84 Å². The van der Waals surface area contributed by atoms with Gasteiger partial charge in [-0.25, -0.2) is 0 Å². The lowest BCUT2D eigenvalue weighted by Gasteiger charge is -2.38. The second kappa shape index (κ2) is 3.03. The molecule has 0 amide bonds. The Labute approximate surface area is 71.9 Å². The van der Waals surface area contributed by atoms with Gasteiger partial charge in [0, 0.05) is 6.54 Å². The van der Waals surface area contributed by atoms with Gasteiger partial charge in [0.2, 0.25) is 0 Å². The summed E-state index contributed by atoms with van der Waals surface area (Å²) >= 11 is 0. The number of hydrogen-bond donors (Lipinski definition) is 2. The third-order valence-corrected chi connectivity index (χ3v) is 1.68. The van der Waals surface area contributed by atoms with Gasteiger partial charge in [-0.05, 0) is 20.8 Å². The van der Waals surface area contributed by atoms with Crippen molar-refractivity contribution >= 4 is 5.97 Å². The fourth-order valence-electron chi connectivity index (χ4n) is 1.14. The van der Waals surface area contributed by atoms with E-state index in [1.54, 1.807) is 0 Å². The molecule has 4 heteroatoms. The Morgan fingerprint density at radius 2 is 2.17 bits per heavy atom. The van der Waals surface area contributed by atoms with Gasteiger partial charge >= 0.3 is 5.97 Å². The first kappa shape index (κ1) is 9.48. The Morgan fingerprint density at radius 3 is 2.42 bits per heavy atom. The van der Waals surface area contributed by atoms with E-state index in [0.29, 0.717) is 6.54 Å². The molecule has 0 aromatic rings. The lowest BCUT2D eigenvalue weighted by atomic mass is 10.0. The van der Waals surface area contributed by atoms with Crippen LogP contribution < -0.4 is 5.32 Å². The van der Waals surface area contributed by atoms with Crippen LogP contribution in [0.1, 0.15) is 20.8 Å². The molecule has 70 valence electrons. The lowest BCUT2D eigenvalue weighted by molar-refractivity contribution is -0.157. The average molecular weight is 173 g/mol. The Balaban J connectivity index is 2.40. The average Bonchev–Trinajstić information content (AvgIpc) is 1.77. The van der Waals surface area contributed by atoms with Crippen LogP contribution in [0.2, 0.25) is 0 Å². The van der Waals surface area contributed by atoms with Crippen molar-refractivity contribution in [2.24, 2.45) is 0 Å². The van der Waals surface area contributed by atoms with Gasteiger partial charge in [0.25, 0.3) is 0 Å². The first-order valence-electron chi connectivity index (χ1n) is 4.04. The molecule has 0 unspecified atom stereocenters. The Morgan fingerprint density at radius 1 is 1.58 bits per heavy atom. The summed E-state index contributed by atoms with van der Waals surface area (Å²) in [5.74, 6) is -0.837. The van der Waals surface area contributed by atoms with Crippen molar-refractivity contribution in [3.8, 4) is 0 Å². The summed E-state index contributed by atoms with van der Waals surface area (Å²) in [6.45, 7) is 6.40. The first-order valence-corrected chi connectivity index (χ1v) is 4.04. The van der Waals surface area contributed by atoms with Gasteiger partial charge in [-0.3, -0.25) is 10.1 Å². The van der Waals surface area contributed by atoms with Gasteiger partial charge in [-0.1, -0.05) is 0 Å². The SMILES string of the molecule is CC(C)(C)O[C@@H]1CN[C@H]1C(=O)O. The quantitative estimate of drug-likeness (QED) is 0.627. The predicted molar refractivity (Wildman–Crippen MR) is 44.1 cm³/mol. The van der Waals surface area contributed by atoms with E-state index in [0.717, 1.165) is 0 Å². The van der Waals surface area contributed by atoms with Gasteiger partial charge < -0.3 is 9.84 Å². The molecule has 2 atom stereocenters. The number of carbonyl (C=O) groups is 1. The number of ether oxygens (including phenoxy) is 1. The molecule has 1 fully saturated rings. The van der Waals surface area contributed by atoms with Gasteiger partial charge in [-0.2, -0.15) is 0 Å². The summed E-state index contributed by atoms with van der Waals surface area (Å²) < 4.78 is 5.50. The van der Waals surface area contributed by atoms with Crippen LogP contribution in [0.4, 0.5) is 0 Å². The molecule has 1 aliphatic heterocycles. The maximum atomic E-state index is 10.5. The third kappa shape index (κ3) is 2.19. The summed E-state index contributed by atoms with van der Waals surface area (Å²) in [6.07, 6.45) is -0.178. The topological polar surface area (TPSA) is 58.6 Å². The molecule has 0 bridgehead atoms. The number of carboxylic acids is 1. The molecular formula is C8H15NO3. The van der Waals surface area contributed by atoms with Crippen LogP contribution in [-0.2, 0) is 9.53 Å². The molecule has 0 spiro atoms. The normalized spacial score (nSPS) is 29.6. The standard InChI is InChI=1S/C8H15NO3/c1-8(2,3)12-5-4-9-6(5)7(10)11/h5-6,9H,4H2,1-3H3,(H,10,11)/t5-,6-/m1/s1. The van der Waals surface area contributed by atoms with E-state index >= 15 is 0 Å². The van der Waals surface area contributed by atoms with Crippen LogP contribution in [0, 0.1) is 0 Å². The van der Waals surface area contributed by atoms with Crippen molar-refractivity contribution < 1.29 is 14.6 Å². The molecule has 1 heterocycles. The van der Waals surface area contributed by atoms with E-state index in [9.17, 15) is 4.79 Å². The fraction of sp³-hybridized carbons (Fsp3) is 0.875. The zero-order chi connectivity index (χ0) is 9.35. The molecule has 0 aromatic heterocycles. The van der Waals surface area contributed by atoms with E-state index in [1.807, 2.05) is 20.8 Å². The Kier molecular flexibility index (Phi) is 2.39. The highest BCUT2D eigenvalue weighted by atomic mass is 16.5. The number of nitrogens with one attached hydrogen (secondary N) is 1. The number of hydrogen-bond acceptors (Lipinski definition) is 3. The second-order valence-electron chi connectivity index (χ2n) is 3.99. The first-order chi connectivity index (χ1) is 5.40. The van der Waals surface area contributed by atoms with E-state index in [2.05, 4.69) is 5.32 Å². The fourth-order valence-corrected chi connectivity index (χ4v) is 1.14. The highest BCUT2D eigenvalue weighted by Gasteiger charge is 2.39. The number of aliphatic carboxylic acids is 1. The van der Waals surface area contributed by atoms with Crippen LogP contribution >= 0.6 is 0 Å². The Hall–Kier alpha value is -0.610. The molecule has 0 saturated carbocycles. The van der Waals surface area contributed by atoms with Crippen LogP contribution in [-0.4, -0.2) is 35.4 Å². The zero-order valence-electron chi connectivity index (χ0n) is 7.63. The summed E-state index contributed by atoms with van der Waals surface area (Å²) in [7, 11) is 0. The molecule has 1 rings (SSSR count). The monoisotopic (exact) mass is 173 g/mol. The number of carboxylic acid groups (broad SMARTS) is 1. The smallest absolute Gasteiger partial charge is 0.323 e.